The Bertz CT molecular complexity index is 1330. The molecule has 3 heterocycles. The number of ether oxygens (including phenoxy) is 1. The largest absolute Gasteiger partial charge is 0.444 e. The Morgan fingerprint density at radius 1 is 1.18 bits per heavy atom. The van der Waals surface area contributed by atoms with Gasteiger partial charge < -0.3 is 25.1 Å². The fourth-order valence-electron chi connectivity index (χ4n) is 6.09. The number of H-pyrrole nitrogens is 1. The van der Waals surface area contributed by atoms with E-state index in [0.29, 0.717) is 17.2 Å². The standard InChI is InChI=1S/C30H39ClN6O3/c1-30(2,3)40-29(39)37(14-15-38)25-8-4-7-24(25)34-20-9-11-21(12-10-20)35-27-17-19(16-26(31)36-27)23-18-33-28-22(23)6-5-13-32-28/h5-6,13,15-18,20-21,24-25,34H,4,7-12,14H2,1-3H3,(H,32,33)(H,35,36). The minimum atomic E-state index is -0.601. The topological polar surface area (TPSA) is 112 Å². The number of anilines is 1. The first-order chi connectivity index (χ1) is 19.2. The van der Waals surface area contributed by atoms with Gasteiger partial charge in [0.1, 0.15) is 28.5 Å². The smallest absolute Gasteiger partial charge is 0.410 e. The molecule has 1 amide bonds. The van der Waals surface area contributed by atoms with Crippen LogP contribution in [0.2, 0.25) is 5.15 Å². The Morgan fingerprint density at radius 2 is 1.95 bits per heavy atom. The number of rotatable bonds is 8. The van der Waals surface area contributed by atoms with Crippen LogP contribution >= 0.6 is 11.6 Å². The van der Waals surface area contributed by atoms with E-state index in [1.54, 1.807) is 11.1 Å². The third-order valence-electron chi connectivity index (χ3n) is 7.86. The molecule has 3 aromatic heterocycles. The monoisotopic (exact) mass is 566 g/mol. The quantitative estimate of drug-likeness (QED) is 0.228. The number of halogens is 1. The summed E-state index contributed by atoms with van der Waals surface area (Å²) >= 11 is 6.43. The van der Waals surface area contributed by atoms with Crippen molar-refractivity contribution in [3.05, 3.63) is 41.8 Å². The summed E-state index contributed by atoms with van der Waals surface area (Å²) in [7, 11) is 0. The van der Waals surface area contributed by atoms with Crippen molar-refractivity contribution < 1.29 is 14.3 Å². The predicted molar refractivity (Wildman–Crippen MR) is 158 cm³/mol. The zero-order valence-electron chi connectivity index (χ0n) is 23.5. The zero-order chi connectivity index (χ0) is 28.3. The Labute approximate surface area is 240 Å². The van der Waals surface area contributed by atoms with Gasteiger partial charge in [-0.2, -0.15) is 0 Å². The maximum atomic E-state index is 12.9. The number of fused-ring (bicyclic) bond motifs is 1. The molecule has 40 heavy (non-hydrogen) atoms. The van der Waals surface area contributed by atoms with Crippen LogP contribution in [0.5, 0.6) is 0 Å². The number of aromatic amines is 1. The molecular formula is C30H39ClN6O3. The van der Waals surface area contributed by atoms with E-state index >= 15 is 0 Å². The van der Waals surface area contributed by atoms with Crippen molar-refractivity contribution in [3.8, 4) is 11.1 Å². The summed E-state index contributed by atoms with van der Waals surface area (Å²) in [6.07, 6.45) is 11.0. The highest BCUT2D eigenvalue weighted by atomic mass is 35.5. The molecule has 9 nitrogen and oxygen atoms in total. The number of nitrogens with one attached hydrogen (secondary N) is 3. The lowest BCUT2D eigenvalue weighted by Gasteiger charge is -2.37. The van der Waals surface area contributed by atoms with Gasteiger partial charge in [0.15, 0.2) is 0 Å². The molecule has 2 aliphatic carbocycles. The maximum Gasteiger partial charge on any atom is 0.410 e. The minimum absolute atomic E-state index is 0.0373. The molecule has 0 spiro atoms. The molecule has 0 aliphatic heterocycles. The number of aldehydes is 1. The number of hydrogen-bond acceptors (Lipinski definition) is 7. The molecule has 2 saturated carbocycles. The summed E-state index contributed by atoms with van der Waals surface area (Å²) in [4.78, 5) is 38.0. The normalized spacial score (nSPS) is 23.2. The van der Waals surface area contributed by atoms with Crippen LogP contribution in [0.4, 0.5) is 10.6 Å². The van der Waals surface area contributed by atoms with E-state index in [1.807, 2.05) is 51.2 Å². The summed E-state index contributed by atoms with van der Waals surface area (Å²) in [6, 6.07) is 8.69. The van der Waals surface area contributed by atoms with Crippen LogP contribution in [0.25, 0.3) is 22.2 Å². The molecule has 0 saturated heterocycles. The van der Waals surface area contributed by atoms with Crippen molar-refractivity contribution in [2.45, 2.75) is 95.5 Å². The molecule has 2 unspecified atom stereocenters. The molecule has 10 heteroatoms. The summed E-state index contributed by atoms with van der Waals surface area (Å²) in [5.74, 6) is 0.773. The molecule has 0 bridgehead atoms. The summed E-state index contributed by atoms with van der Waals surface area (Å²) < 4.78 is 5.61. The zero-order valence-corrected chi connectivity index (χ0v) is 24.2. The van der Waals surface area contributed by atoms with Gasteiger partial charge in [0.2, 0.25) is 0 Å². The molecule has 2 aliphatic rings. The van der Waals surface area contributed by atoms with Crippen molar-refractivity contribution in [2.24, 2.45) is 0 Å². The molecule has 3 aromatic rings. The molecule has 3 N–H and O–H groups in total. The number of nitrogens with zero attached hydrogens (tertiary/aromatic N) is 3. The number of hydrogen-bond donors (Lipinski definition) is 3. The second-order valence-corrected chi connectivity index (χ2v) is 12.3. The van der Waals surface area contributed by atoms with Gasteiger partial charge in [-0.3, -0.25) is 4.90 Å². The first-order valence-electron chi connectivity index (χ1n) is 14.3. The van der Waals surface area contributed by atoms with Crippen molar-refractivity contribution in [2.75, 3.05) is 11.9 Å². The Kier molecular flexibility index (Phi) is 8.61. The summed E-state index contributed by atoms with van der Waals surface area (Å²) in [6.45, 7) is 5.60. The predicted octanol–water partition coefficient (Wildman–Crippen LogP) is 5.95. The van der Waals surface area contributed by atoms with Crippen LogP contribution in [0.3, 0.4) is 0 Å². The lowest BCUT2D eigenvalue weighted by atomic mass is 9.90. The molecule has 2 fully saturated rings. The van der Waals surface area contributed by atoms with Crippen LogP contribution in [0.15, 0.2) is 36.7 Å². The average molecular weight is 567 g/mol. The molecule has 214 valence electrons. The van der Waals surface area contributed by atoms with Gasteiger partial charge in [0.05, 0.1) is 12.6 Å². The highest BCUT2D eigenvalue weighted by molar-refractivity contribution is 6.29. The van der Waals surface area contributed by atoms with E-state index in [2.05, 4.69) is 25.6 Å². The van der Waals surface area contributed by atoms with Crippen LogP contribution in [-0.2, 0) is 9.53 Å². The van der Waals surface area contributed by atoms with Gasteiger partial charge in [0.25, 0.3) is 0 Å². The fraction of sp³-hybridized carbons (Fsp3) is 0.533. The van der Waals surface area contributed by atoms with E-state index in [0.717, 1.165) is 79.2 Å². The lowest BCUT2D eigenvalue weighted by Crippen LogP contribution is -2.54. The van der Waals surface area contributed by atoms with E-state index < -0.39 is 11.7 Å². The van der Waals surface area contributed by atoms with Crippen LogP contribution in [0, 0.1) is 0 Å². The van der Waals surface area contributed by atoms with Crippen molar-refractivity contribution >= 4 is 40.8 Å². The molecule has 0 aromatic carbocycles. The second kappa shape index (κ2) is 12.1. The molecule has 0 radical (unpaired) electrons. The van der Waals surface area contributed by atoms with Gasteiger partial charge in [-0.1, -0.05) is 11.6 Å². The summed E-state index contributed by atoms with van der Waals surface area (Å²) in [5, 5.41) is 8.93. The van der Waals surface area contributed by atoms with Crippen LogP contribution in [0.1, 0.15) is 65.7 Å². The highest BCUT2D eigenvalue weighted by Crippen LogP contribution is 2.32. The first-order valence-corrected chi connectivity index (χ1v) is 14.6. The Hall–Kier alpha value is -3.17. The van der Waals surface area contributed by atoms with Gasteiger partial charge in [-0.25, -0.2) is 14.8 Å². The second-order valence-electron chi connectivity index (χ2n) is 11.9. The Morgan fingerprint density at radius 3 is 2.70 bits per heavy atom. The van der Waals surface area contributed by atoms with Gasteiger partial charge in [-0.15, -0.1) is 0 Å². The number of aromatic nitrogens is 3. The van der Waals surface area contributed by atoms with Gasteiger partial charge in [0, 0.05) is 41.5 Å². The van der Waals surface area contributed by atoms with E-state index in [1.165, 1.54) is 0 Å². The number of carbonyl (C=O) groups excluding carboxylic acids is 2. The van der Waals surface area contributed by atoms with Crippen molar-refractivity contribution in [3.63, 3.8) is 0 Å². The third-order valence-corrected chi connectivity index (χ3v) is 8.06. The number of carbonyl (C=O) groups is 2. The fourth-order valence-corrected chi connectivity index (χ4v) is 6.30. The van der Waals surface area contributed by atoms with Crippen LogP contribution < -0.4 is 10.6 Å². The maximum absolute atomic E-state index is 12.9. The first kappa shape index (κ1) is 28.4. The number of amides is 1. The Balaban J connectivity index is 1.18. The van der Waals surface area contributed by atoms with Crippen molar-refractivity contribution in [1.82, 2.24) is 25.2 Å². The van der Waals surface area contributed by atoms with E-state index in [4.69, 9.17) is 16.3 Å². The van der Waals surface area contributed by atoms with Gasteiger partial charge >= 0.3 is 6.09 Å². The lowest BCUT2D eigenvalue weighted by molar-refractivity contribution is -0.109. The van der Waals surface area contributed by atoms with Gasteiger partial charge in [-0.05, 0) is 95.5 Å². The SMILES string of the molecule is CC(C)(C)OC(=O)N(CC=O)C1CCCC1NC1CCC(Nc2cc(-c3c[nH]c4ncccc34)cc(Cl)n2)CC1. The highest BCUT2D eigenvalue weighted by Gasteiger charge is 2.38. The minimum Gasteiger partial charge on any atom is -0.444 e. The van der Waals surface area contributed by atoms with E-state index in [9.17, 15) is 9.59 Å². The number of pyridine rings is 2. The molecule has 2 atom stereocenters. The van der Waals surface area contributed by atoms with Crippen LogP contribution in [-0.4, -0.2) is 68.5 Å². The molecular weight excluding hydrogens is 528 g/mol. The average Bonchev–Trinajstić information content (AvgIpc) is 3.54. The summed E-state index contributed by atoms with van der Waals surface area (Å²) in [5.41, 5.74) is 2.28. The molecule has 5 rings (SSSR count). The van der Waals surface area contributed by atoms with Crippen molar-refractivity contribution in [1.29, 1.82) is 0 Å². The van der Waals surface area contributed by atoms with E-state index in [-0.39, 0.29) is 18.6 Å². The third kappa shape index (κ3) is 6.75.